The molecule has 0 bridgehead atoms. The average Bonchev–Trinajstić information content (AvgIpc) is 3.07. The summed E-state index contributed by atoms with van der Waals surface area (Å²) in [6.45, 7) is 9.29. The maximum atomic E-state index is 2.45. The van der Waals surface area contributed by atoms with E-state index in [9.17, 15) is 0 Å². The summed E-state index contributed by atoms with van der Waals surface area (Å²) in [5.74, 6) is 0. The third kappa shape index (κ3) is 2.36. The zero-order valence-corrected chi connectivity index (χ0v) is 17.4. The first-order valence-corrected chi connectivity index (χ1v) is 10.2. The molecule has 2 aromatic rings. The van der Waals surface area contributed by atoms with Gasteiger partial charge in [0.15, 0.2) is 0 Å². The Hall–Kier alpha value is -1.20. The molecule has 4 rings (SSSR count). The van der Waals surface area contributed by atoms with Crippen molar-refractivity contribution < 1.29 is 24.7 Å². The summed E-state index contributed by atoms with van der Waals surface area (Å²) < 4.78 is 0.568. The van der Waals surface area contributed by atoms with Gasteiger partial charge in [-0.25, -0.2) is 0 Å². The molecular formula is C23H23Zr. The number of hydrogen-bond donors (Lipinski definition) is 0. The van der Waals surface area contributed by atoms with Crippen LogP contribution in [-0.4, -0.2) is 0 Å². The van der Waals surface area contributed by atoms with Crippen LogP contribution in [0.15, 0.2) is 59.7 Å². The van der Waals surface area contributed by atoms with Gasteiger partial charge in [-0.3, -0.25) is 0 Å². The van der Waals surface area contributed by atoms with E-state index in [1.165, 1.54) is 39.0 Å². The van der Waals surface area contributed by atoms with Crippen molar-refractivity contribution in [3.8, 4) is 11.1 Å². The molecule has 0 amide bonds. The first-order valence-electron chi connectivity index (χ1n) is 8.74. The van der Waals surface area contributed by atoms with E-state index in [4.69, 9.17) is 0 Å². The Kier molecular flexibility index (Phi) is 3.84. The van der Waals surface area contributed by atoms with Crippen LogP contribution in [0.1, 0.15) is 54.4 Å². The minimum absolute atomic E-state index is 0.226. The van der Waals surface area contributed by atoms with Gasteiger partial charge >= 0.3 is 161 Å². The summed E-state index contributed by atoms with van der Waals surface area (Å²) >= 11 is 1.59. The molecule has 0 aromatic heterocycles. The number of benzene rings is 2. The van der Waals surface area contributed by atoms with Crippen LogP contribution < -0.4 is 0 Å². The quantitative estimate of drug-likeness (QED) is 0.524. The van der Waals surface area contributed by atoms with Crippen LogP contribution in [0.4, 0.5) is 0 Å². The molecule has 119 valence electrons. The minimum atomic E-state index is 0.226. The summed E-state index contributed by atoms with van der Waals surface area (Å²) in [6.07, 6.45) is 3.53. The van der Waals surface area contributed by atoms with Crippen molar-refractivity contribution in [3.63, 3.8) is 0 Å². The van der Waals surface area contributed by atoms with Crippen molar-refractivity contribution in [2.24, 2.45) is 5.41 Å². The molecule has 0 fully saturated rings. The van der Waals surface area contributed by atoms with E-state index in [-0.39, 0.29) is 5.41 Å². The fraction of sp³-hybridized carbons (Fsp3) is 0.304. The molecule has 0 aliphatic heterocycles. The first kappa shape index (κ1) is 16.3. The second-order valence-electron chi connectivity index (χ2n) is 7.96. The summed E-state index contributed by atoms with van der Waals surface area (Å²) in [5.41, 5.74) is 12.2. The number of hydrogen-bond acceptors (Lipinski definition) is 0. The maximum absolute atomic E-state index is 2.45. The molecule has 24 heavy (non-hydrogen) atoms. The standard InChI is InChI=1S/C23H23.Zr/c1-15-17(12-13-22(15)23(2,3)4)19-10-7-11-20-18-9-6-5-8-16(18)14-21(19)20;/h5-11,13-14H,12H2,1-4H3;. The molecule has 2 aliphatic rings. The van der Waals surface area contributed by atoms with E-state index in [1.807, 2.05) is 0 Å². The van der Waals surface area contributed by atoms with Gasteiger partial charge in [0.05, 0.1) is 0 Å². The van der Waals surface area contributed by atoms with Crippen LogP contribution in [-0.2, 0) is 24.7 Å². The van der Waals surface area contributed by atoms with E-state index in [0.717, 1.165) is 6.42 Å². The van der Waals surface area contributed by atoms with Crippen molar-refractivity contribution in [1.82, 2.24) is 0 Å². The fourth-order valence-corrected chi connectivity index (χ4v) is 5.76. The van der Waals surface area contributed by atoms with Gasteiger partial charge in [0.1, 0.15) is 0 Å². The molecule has 0 saturated carbocycles. The molecule has 0 nitrogen and oxygen atoms in total. The average molecular weight is 391 g/mol. The zero-order chi connectivity index (χ0) is 17.1. The summed E-state index contributed by atoms with van der Waals surface area (Å²) in [6, 6.07) is 15.9. The molecule has 0 N–H and O–H groups in total. The number of allylic oxidation sites excluding steroid dienone is 4. The number of rotatable bonds is 1. The molecule has 0 radical (unpaired) electrons. The third-order valence-electron chi connectivity index (χ3n) is 5.46. The Morgan fingerprint density at radius 2 is 1.58 bits per heavy atom. The number of fused-ring (bicyclic) bond motifs is 3. The van der Waals surface area contributed by atoms with Gasteiger partial charge in [0.25, 0.3) is 0 Å². The first-order chi connectivity index (χ1) is 11.4. The molecular weight excluding hydrogens is 367 g/mol. The van der Waals surface area contributed by atoms with Crippen LogP contribution in [0.3, 0.4) is 0 Å². The molecule has 2 aliphatic carbocycles. The molecule has 0 heterocycles. The van der Waals surface area contributed by atoms with Crippen LogP contribution in [0.25, 0.3) is 16.7 Å². The Morgan fingerprint density at radius 3 is 2.29 bits per heavy atom. The van der Waals surface area contributed by atoms with Gasteiger partial charge in [0.2, 0.25) is 0 Å². The normalized spacial score (nSPS) is 19.3. The van der Waals surface area contributed by atoms with Crippen molar-refractivity contribution in [2.45, 2.75) is 37.7 Å². The summed E-state index contributed by atoms with van der Waals surface area (Å²) in [4.78, 5) is 0. The van der Waals surface area contributed by atoms with Crippen LogP contribution >= 0.6 is 0 Å². The van der Waals surface area contributed by atoms with Crippen molar-refractivity contribution >= 4 is 5.57 Å². The van der Waals surface area contributed by atoms with Crippen molar-refractivity contribution in [2.75, 3.05) is 0 Å². The zero-order valence-electron chi connectivity index (χ0n) is 14.9. The molecule has 2 aromatic carbocycles. The molecule has 1 unspecified atom stereocenters. The second kappa shape index (κ2) is 5.67. The third-order valence-corrected chi connectivity index (χ3v) is 6.93. The predicted octanol–water partition coefficient (Wildman–Crippen LogP) is 6.45. The van der Waals surface area contributed by atoms with Gasteiger partial charge in [-0.2, -0.15) is 0 Å². The Bertz CT molecular complexity index is 890. The monoisotopic (exact) mass is 389 g/mol. The van der Waals surface area contributed by atoms with Gasteiger partial charge < -0.3 is 0 Å². The van der Waals surface area contributed by atoms with Gasteiger partial charge in [0, 0.05) is 0 Å². The van der Waals surface area contributed by atoms with E-state index in [1.54, 1.807) is 30.3 Å². The molecule has 1 atom stereocenters. The van der Waals surface area contributed by atoms with Crippen LogP contribution in [0.5, 0.6) is 0 Å². The van der Waals surface area contributed by atoms with E-state index >= 15 is 0 Å². The molecule has 0 saturated heterocycles. The second-order valence-corrected chi connectivity index (χ2v) is 9.38. The van der Waals surface area contributed by atoms with Gasteiger partial charge in [-0.1, -0.05) is 0 Å². The van der Waals surface area contributed by atoms with Crippen LogP contribution in [0, 0.1) is 5.41 Å². The van der Waals surface area contributed by atoms with Crippen molar-refractivity contribution in [1.29, 1.82) is 0 Å². The Balaban J connectivity index is 1.89. The van der Waals surface area contributed by atoms with Gasteiger partial charge in [-0.05, 0) is 0 Å². The Labute approximate surface area is 160 Å². The van der Waals surface area contributed by atoms with E-state index in [0.29, 0.717) is 3.63 Å². The van der Waals surface area contributed by atoms with E-state index < -0.39 is 0 Å². The fourth-order valence-electron chi connectivity index (χ4n) is 4.38. The SMILES string of the molecule is CC1=C(c2cccc3c2[CH]([Zr])c2ccccc2-3)CC=C1C(C)(C)C. The summed E-state index contributed by atoms with van der Waals surface area (Å²) in [7, 11) is 0. The summed E-state index contributed by atoms with van der Waals surface area (Å²) in [5, 5.41) is 0. The molecule has 0 spiro atoms. The van der Waals surface area contributed by atoms with E-state index in [2.05, 4.69) is 76.2 Å². The van der Waals surface area contributed by atoms with Crippen molar-refractivity contribution in [3.05, 3.63) is 76.4 Å². The predicted molar refractivity (Wildman–Crippen MR) is 98.5 cm³/mol. The van der Waals surface area contributed by atoms with Gasteiger partial charge in [-0.15, -0.1) is 0 Å². The van der Waals surface area contributed by atoms with Crippen LogP contribution in [0.2, 0.25) is 0 Å². The topological polar surface area (TPSA) is 0 Å². The molecule has 1 heteroatoms. The Morgan fingerprint density at radius 1 is 0.917 bits per heavy atom.